The number of nitrogens with zero attached hydrogens (tertiary/aromatic N) is 6. The van der Waals surface area contributed by atoms with Gasteiger partial charge in [-0.3, -0.25) is 14.5 Å². The summed E-state index contributed by atoms with van der Waals surface area (Å²) in [4.78, 5) is 15.2. The van der Waals surface area contributed by atoms with Crippen LogP contribution in [0.2, 0.25) is 0 Å². The first-order valence-corrected chi connectivity index (χ1v) is 24.1. The molecule has 1 aliphatic heterocycles. The average Bonchev–Trinajstić information content (AvgIpc) is 4.16. The van der Waals surface area contributed by atoms with Crippen molar-refractivity contribution >= 4 is 65.4 Å². The van der Waals surface area contributed by atoms with Gasteiger partial charge >= 0.3 is 0 Å². The number of hydrogen-bond donors (Lipinski definition) is 0. The highest BCUT2D eigenvalue weighted by Crippen LogP contribution is 2.62. The van der Waals surface area contributed by atoms with E-state index in [0.29, 0.717) is 0 Å². The van der Waals surface area contributed by atoms with Crippen molar-refractivity contribution in [3.05, 3.63) is 253 Å². The lowest BCUT2D eigenvalue weighted by Crippen LogP contribution is -2.32. The molecule has 14 aromatic rings. The van der Waals surface area contributed by atoms with Gasteiger partial charge in [-0.15, -0.1) is 0 Å². The fourth-order valence-corrected chi connectivity index (χ4v) is 12.4. The maximum absolute atomic E-state index is 7.16. The van der Waals surface area contributed by atoms with Crippen molar-refractivity contribution in [2.75, 3.05) is 0 Å². The fraction of sp³-hybridized carbons (Fsp3) is 0.0156. The van der Waals surface area contributed by atoms with Gasteiger partial charge in [0.15, 0.2) is 5.82 Å². The summed E-state index contributed by atoms with van der Waals surface area (Å²) in [7, 11) is 0. The van der Waals surface area contributed by atoms with Crippen LogP contribution in [0.3, 0.4) is 0 Å². The van der Waals surface area contributed by atoms with Gasteiger partial charge in [0.1, 0.15) is 11.5 Å². The number of aromatic nitrogens is 6. The molecule has 6 aromatic heterocycles. The standard InChI is InChI=1S/C64H38N6O/c1-6-21-52-42(14-1)43-15-2-7-22-53(43)68(52)41-29-30-48-60(38-41)71-59-32-28-40(37-51(59)64(48)49-19-11-33-65-61(49)62-50(64)20-12-34-66-62)39-27-31-57-47(36-39)46-18-5-8-23-54(46)69(57)58-26-13-35-67-63(58)70-55-24-9-3-16-44(55)45-17-4-10-25-56(45)70/h1-38H. The maximum Gasteiger partial charge on any atom is 0.162 e. The van der Waals surface area contributed by atoms with E-state index in [1.54, 1.807) is 0 Å². The third-order valence-corrected chi connectivity index (χ3v) is 15.3. The number of para-hydroxylation sites is 5. The Morgan fingerprint density at radius 1 is 0.324 bits per heavy atom. The summed E-state index contributed by atoms with van der Waals surface area (Å²) in [5.74, 6) is 2.49. The molecule has 0 bridgehead atoms. The molecule has 71 heavy (non-hydrogen) atoms. The number of hydrogen-bond acceptors (Lipinski definition) is 4. The first-order chi connectivity index (χ1) is 35.2. The van der Waals surface area contributed by atoms with E-state index in [9.17, 15) is 0 Å². The largest absolute Gasteiger partial charge is 0.457 e. The summed E-state index contributed by atoms with van der Waals surface area (Å²) in [5, 5.41) is 7.17. The number of fused-ring (bicyclic) bond motifs is 18. The van der Waals surface area contributed by atoms with Crippen molar-refractivity contribution in [2.45, 2.75) is 5.41 Å². The van der Waals surface area contributed by atoms with Crippen LogP contribution in [0.1, 0.15) is 22.3 Å². The summed E-state index contributed by atoms with van der Waals surface area (Å²) in [6.07, 6.45) is 5.65. The molecule has 0 saturated heterocycles. The fourth-order valence-electron chi connectivity index (χ4n) is 12.4. The molecule has 16 rings (SSSR count). The van der Waals surface area contributed by atoms with Crippen LogP contribution in [0.4, 0.5) is 0 Å². The SMILES string of the molecule is c1cnc(-n2c3ccccc3c3ccccc32)c(-n2c3ccccc3c3cc(-c4ccc5c(c4)C4(c6ccc(-n7c8ccccc8c8ccccc87)cc6O5)c5cccnc5-c5ncccc54)ccc32)c1. The molecular weight excluding hydrogens is 869 g/mol. The molecule has 7 heterocycles. The second-order valence-corrected chi connectivity index (χ2v) is 18.7. The second-order valence-electron chi connectivity index (χ2n) is 18.7. The molecular formula is C64H38N6O. The first kappa shape index (κ1) is 38.4. The lowest BCUT2D eigenvalue weighted by molar-refractivity contribution is 0.436. The first-order valence-electron chi connectivity index (χ1n) is 24.1. The van der Waals surface area contributed by atoms with Crippen molar-refractivity contribution < 1.29 is 4.74 Å². The molecule has 330 valence electrons. The predicted octanol–water partition coefficient (Wildman–Crippen LogP) is 15.3. The molecule has 0 atom stereocenters. The van der Waals surface area contributed by atoms with Gasteiger partial charge in [0.25, 0.3) is 0 Å². The Hall–Kier alpha value is -9.59. The van der Waals surface area contributed by atoms with E-state index in [1.807, 2.05) is 24.7 Å². The van der Waals surface area contributed by atoms with Crippen LogP contribution < -0.4 is 4.74 Å². The Balaban J connectivity index is 0.896. The van der Waals surface area contributed by atoms with Gasteiger partial charge in [-0.1, -0.05) is 121 Å². The Labute approximate surface area is 406 Å². The quantitative estimate of drug-likeness (QED) is 0.176. The van der Waals surface area contributed by atoms with Gasteiger partial charge in [0.2, 0.25) is 0 Å². The zero-order chi connectivity index (χ0) is 46.4. The molecule has 7 heteroatoms. The van der Waals surface area contributed by atoms with E-state index >= 15 is 0 Å². The Bertz CT molecular complexity index is 4440. The smallest absolute Gasteiger partial charge is 0.162 e. The molecule has 0 amide bonds. The minimum atomic E-state index is -0.755. The number of benzene rings is 8. The summed E-state index contributed by atoms with van der Waals surface area (Å²) < 4.78 is 14.2. The minimum absolute atomic E-state index is 0.755. The van der Waals surface area contributed by atoms with Crippen molar-refractivity contribution in [3.8, 4) is 51.2 Å². The van der Waals surface area contributed by atoms with Crippen LogP contribution in [-0.2, 0) is 5.41 Å². The lowest BCUT2D eigenvalue weighted by atomic mass is 9.66. The van der Waals surface area contributed by atoms with Crippen molar-refractivity contribution in [1.82, 2.24) is 28.7 Å². The summed E-state index contributed by atoms with van der Waals surface area (Å²) in [5.41, 5.74) is 16.3. The molecule has 0 saturated carbocycles. The highest BCUT2D eigenvalue weighted by molar-refractivity contribution is 6.13. The molecule has 7 nitrogen and oxygen atoms in total. The van der Waals surface area contributed by atoms with E-state index in [2.05, 4.69) is 220 Å². The minimum Gasteiger partial charge on any atom is -0.457 e. The highest BCUT2D eigenvalue weighted by Gasteiger charge is 2.52. The van der Waals surface area contributed by atoms with E-state index in [-0.39, 0.29) is 0 Å². The van der Waals surface area contributed by atoms with Crippen LogP contribution in [0.5, 0.6) is 11.5 Å². The maximum atomic E-state index is 7.16. The molecule has 2 aliphatic rings. The van der Waals surface area contributed by atoms with Gasteiger partial charge in [-0.25, -0.2) is 4.98 Å². The summed E-state index contributed by atoms with van der Waals surface area (Å²) >= 11 is 0. The van der Waals surface area contributed by atoms with Crippen molar-refractivity contribution in [1.29, 1.82) is 0 Å². The number of rotatable bonds is 4. The van der Waals surface area contributed by atoms with E-state index in [1.165, 1.54) is 26.9 Å². The topological polar surface area (TPSA) is 62.7 Å². The van der Waals surface area contributed by atoms with Gasteiger partial charge in [0, 0.05) is 73.8 Å². The Kier molecular flexibility index (Phi) is 7.69. The Morgan fingerprint density at radius 2 is 0.817 bits per heavy atom. The van der Waals surface area contributed by atoms with E-state index < -0.39 is 5.41 Å². The predicted molar refractivity (Wildman–Crippen MR) is 286 cm³/mol. The van der Waals surface area contributed by atoms with E-state index in [4.69, 9.17) is 19.7 Å². The number of ether oxygens (including phenoxy) is 1. The molecule has 0 radical (unpaired) electrons. The van der Waals surface area contributed by atoms with Gasteiger partial charge in [-0.05, 0) is 107 Å². The number of pyridine rings is 3. The average molecular weight is 907 g/mol. The van der Waals surface area contributed by atoms with Gasteiger partial charge < -0.3 is 13.9 Å². The van der Waals surface area contributed by atoms with Crippen LogP contribution in [0.25, 0.3) is 105 Å². The zero-order valence-corrected chi connectivity index (χ0v) is 38.0. The Morgan fingerprint density at radius 3 is 1.44 bits per heavy atom. The molecule has 0 unspecified atom stereocenters. The second kappa shape index (κ2) is 14.2. The van der Waals surface area contributed by atoms with Crippen molar-refractivity contribution in [3.63, 3.8) is 0 Å². The molecule has 0 N–H and O–H groups in total. The third kappa shape index (κ3) is 5.08. The summed E-state index contributed by atoms with van der Waals surface area (Å²) in [6, 6.07) is 76.4. The summed E-state index contributed by atoms with van der Waals surface area (Å²) in [6.45, 7) is 0. The van der Waals surface area contributed by atoms with Gasteiger partial charge in [0.05, 0.1) is 55.6 Å². The molecule has 1 aliphatic carbocycles. The van der Waals surface area contributed by atoms with Crippen molar-refractivity contribution in [2.24, 2.45) is 0 Å². The van der Waals surface area contributed by atoms with Crippen LogP contribution >= 0.6 is 0 Å². The molecule has 1 spiro atoms. The van der Waals surface area contributed by atoms with Gasteiger partial charge in [-0.2, -0.15) is 0 Å². The highest BCUT2D eigenvalue weighted by atomic mass is 16.5. The monoisotopic (exact) mass is 906 g/mol. The molecule has 8 aromatic carbocycles. The van der Waals surface area contributed by atoms with E-state index in [0.717, 1.165) is 112 Å². The zero-order valence-electron chi connectivity index (χ0n) is 38.0. The van der Waals surface area contributed by atoms with Crippen LogP contribution in [-0.4, -0.2) is 28.7 Å². The van der Waals surface area contributed by atoms with Crippen LogP contribution in [0, 0.1) is 0 Å². The normalized spacial score (nSPS) is 13.3. The molecule has 0 fully saturated rings. The third-order valence-electron chi connectivity index (χ3n) is 15.3. The lowest BCUT2D eigenvalue weighted by Gasteiger charge is -2.39. The van der Waals surface area contributed by atoms with Crippen LogP contribution in [0.15, 0.2) is 231 Å².